The van der Waals surface area contributed by atoms with Crippen LogP contribution in [-0.4, -0.2) is 48.0 Å². The van der Waals surface area contributed by atoms with Gasteiger partial charge < -0.3 is 23.5 Å². The molecule has 1 aliphatic heterocycles. The van der Waals surface area contributed by atoms with Gasteiger partial charge in [-0.2, -0.15) is 5.26 Å². The van der Waals surface area contributed by atoms with E-state index in [4.69, 9.17) is 23.9 Å². The van der Waals surface area contributed by atoms with Gasteiger partial charge >= 0.3 is 0 Å². The van der Waals surface area contributed by atoms with Crippen LogP contribution in [0.4, 0.5) is 5.69 Å². The molecule has 4 heterocycles. The molecule has 1 aliphatic rings. The first-order valence-corrected chi connectivity index (χ1v) is 12.4. The van der Waals surface area contributed by atoms with Gasteiger partial charge in [0.05, 0.1) is 43.5 Å². The molecule has 0 unspecified atom stereocenters. The van der Waals surface area contributed by atoms with Crippen molar-refractivity contribution in [2.45, 2.75) is 18.9 Å². The molecule has 0 aliphatic carbocycles. The molecule has 3 aromatic heterocycles. The van der Waals surface area contributed by atoms with E-state index in [0.717, 1.165) is 35.4 Å². The summed E-state index contributed by atoms with van der Waals surface area (Å²) in [4.78, 5) is 7.70. The molecule has 36 heavy (non-hydrogen) atoms. The molecule has 1 saturated heterocycles. The van der Waals surface area contributed by atoms with Crippen molar-refractivity contribution >= 4 is 33.0 Å². The lowest BCUT2D eigenvalue weighted by atomic mass is 10.2. The SMILES string of the molecule is COc1cc(OC[C@@H]2CCCN2c2ccc(C#N)cc2)c2cc(-c3cn4nc(OC)sc4n3)oc2c1. The zero-order valence-electron chi connectivity index (χ0n) is 19.8. The minimum atomic E-state index is 0.228. The smallest absolute Gasteiger partial charge is 0.294 e. The average molecular weight is 502 g/mol. The number of methoxy groups -OCH3 is 2. The van der Waals surface area contributed by atoms with Crippen LogP contribution in [0.3, 0.4) is 0 Å². The van der Waals surface area contributed by atoms with Crippen LogP contribution in [0.25, 0.3) is 27.4 Å². The molecule has 182 valence electrons. The van der Waals surface area contributed by atoms with Crippen molar-refractivity contribution in [3.8, 4) is 34.2 Å². The van der Waals surface area contributed by atoms with Gasteiger partial charge in [0.25, 0.3) is 5.19 Å². The normalized spacial score (nSPS) is 15.5. The monoisotopic (exact) mass is 501 g/mol. The summed E-state index contributed by atoms with van der Waals surface area (Å²) in [5, 5.41) is 14.8. The summed E-state index contributed by atoms with van der Waals surface area (Å²) >= 11 is 1.36. The third-order valence-electron chi connectivity index (χ3n) is 6.40. The Bertz CT molecular complexity index is 1550. The number of aromatic nitrogens is 3. The Morgan fingerprint density at radius 2 is 2.03 bits per heavy atom. The van der Waals surface area contributed by atoms with Crippen molar-refractivity contribution in [3.63, 3.8) is 0 Å². The lowest BCUT2D eigenvalue weighted by Crippen LogP contribution is -2.34. The van der Waals surface area contributed by atoms with E-state index in [2.05, 4.69) is 21.1 Å². The van der Waals surface area contributed by atoms with Crippen LogP contribution in [0.15, 0.2) is 53.1 Å². The number of hydrogen-bond donors (Lipinski definition) is 0. The molecule has 0 saturated carbocycles. The second-order valence-electron chi connectivity index (χ2n) is 8.53. The quantitative estimate of drug-likeness (QED) is 0.302. The van der Waals surface area contributed by atoms with E-state index in [0.29, 0.717) is 45.9 Å². The lowest BCUT2D eigenvalue weighted by Gasteiger charge is -2.27. The fraction of sp³-hybridized carbons (Fsp3) is 0.269. The summed E-state index contributed by atoms with van der Waals surface area (Å²) in [5.41, 5.74) is 3.11. The van der Waals surface area contributed by atoms with Crippen molar-refractivity contribution in [2.24, 2.45) is 0 Å². The van der Waals surface area contributed by atoms with Crippen molar-refractivity contribution in [2.75, 3.05) is 32.3 Å². The largest absolute Gasteiger partial charge is 0.496 e. The van der Waals surface area contributed by atoms with Crippen LogP contribution in [0, 0.1) is 11.3 Å². The molecule has 0 N–H and O–H groups in total. The Kier molecular flexibility index (Phi) is 5.62. The van der Waals surface area contributed by atoms with Gasteiger partial charge in [0.15, 0.2) is 5.76 Å². The number of benzene rings is 2. The molecule has 9 nitrogen and oxygen atoms in total. The number of anilines is 1. The van der Waals surface area contributed by atoms with Crippen molar-refractivity contribution in [3.05, 3.63) is 54.2 Å². The second kappa shape index (κ2) is 9.09. The predicted molar refractivity (Wildman–Crippen MR) is 136 cm³/mol. The van der Waals surface area contributed by atoms with Gasteiger partial charge in [0.1, 0.15) is 29.4 Å². The molecule has 2 aromatic carbocycles. The maximum Gasteiger partial charge on any atom is 0.294 e. The third-order valence-corrected chi connectivity index (χ3v) is 7.28. The fourth-order valence-corrected chi connectivity index (χ4v) is 5.29. The molecule has 0 bridgehead atoms. The molecule has 0 amide bonds. The molecule has 5 aromatic rings. The van der Waals surface area contributed by atoms with E-state index in [1.165, 1.54) is 11.3 Å². The first kappa shape index (κ1) is 22.2. The summed E-state index contributed by atoms with van der Waals surface area (Å²) in [6.07, 6.45) is 3.94. The first-order chi connectivity index (χ1) is 17.6. The standard InChI is InChI=1S/C26H23N5O4S/c1-32-19-10-22(34-15-18-4-3-9-30(18)17-7-5-16(13-27)6-8-17)20-12-24(35-23(20)11-19)21-14-31-25(28-21)36-26(29-31)33-2/h5-8,10-12,14,18H,3-4,9,15H2,1-2H3/t18-/m0/s1. The maximum atomic E-state index is 9.09. The van der Waals surface area contributed by atoms with Gasteiger partial charge in [0, 0.05) is 24.4 Å². The van der Waals surface area contributed by atoms with Gasteiger partial charge in [-0.25, -0.2) is 9.50 Å². The van der Waals surface area contributed by atoms with E-state index in [9.17, 15) is 0 Å². The number of nitrogens with zero attached hydrogens (tertiary/aromatic N) is 5. The summed E-state index contributed by atoms with van der Waals surface area (Å²) in [6.45, 7) is 1.48. The van der Waals surface area contributed by atoms with E-state index >= 15 is 0 Å². The Morgan fingerprint density at radius 1 is 1.17 bits per heavy atom. The third kappa shape index (κ3) is 3.97. The first-order valence-electron chi connectivity index (χ1n) is 11.6. The van der Waals surface area contributed by atoms with Crippen LogP contribution in [0.1, 0.15) is 18.4 Å². The second-order valence-corrected chi connectivity index (χ2v) is 9.45. The van der Waals surface area contributed by atoms with E-state index < -0.39 is 0 Å². The molecular formula is C26H23N5O4S. The van der Waals surface area contributed by atoms with Crippen molar-refractivity contribution in [1.29, 1.82) is 5.26 Å². The molecule has 0 spiro atoms. The topological polar surface area (TPSA) is 98.1 Å². The minimum absolute atomic E-state index is 0.228. The van der Waals surface area contributed by atoms with Crippen LogP contribution in [0.2, 0.25) is 0 Å². The highest BCUT2D eigenvalue weighted by atomic mass is 32.1. The number of furan rings is 1. The van der Waals surface area contributed by atoms with Crippen LogP contribution < -0.4 is 19.1 Å². The number of rotatable bonds is 7. The fourth-order valence-electron chi connectivity index (χ4n) is 4.59. The van der Waals surface area contributed by atoms with E-state index in [1.54, 1.807) is 18.7 Å². The van der Waals surface area contributed by atoms with Crippen LogP contribution >= 0.6 is 11.3 Å². The summed E-state index contributed by atoms with van der Waals surface area (Å²) in [5.74, 6) is 1.98. The highest BCUT2D eigenvalue weighted by molar-refractivity contribution is 7.18. The molecular weight excluding hydrogens is 478 g/mol. The average Bonchev–Trinajstić information content (AvgIpc) is 3.69. The van der Waals surface area contributed by atoms with Gasteiger partial charge in [-0.3, -0.25) is 0 Å². The Balaban J connectivity index is 1.27. The van der Waals surface area contributed by atoms with Gasteiger partial charge in [-0.05, 0) is 54.5 Å². The Hall–Kier alpha value is -4.23. The van der Waals surface area contributed by atoms with Gasteiger partial charge in [-0.1, -0.05) is 0 Å². The summed E-state index contributed by atoms with van der Waals surface area (Å²) in [6, 6.07) is 15.8. The van der Waals surface area contributed by atoms with E-state index in [-0.39, 0.29) is 6.04 Å². The van der Waals surface area contributed by atoms with E-state index in [1.807, 2.05) is 48.7 Å². The maximum absolute atomic E-state index is 9.09. The predicted octanol–water partition coefficient (Wildman–Crippen LogP) is 5.14. The minimum Gasteiger partial charge on any atom is -0.496 e. The molecule has 6 rings (SSSR count). The summed E-state index contributed by atoms with van der Waals surface area (Å²) in [7, 11) is 3.21. The van der Waals surface area contributed by atoms with Crippen molar-refractivity contribution in [1.82, 2.24) is 14.6 Å². The zero-order chi connectivity index (χ0) is 24.6. The number of fused-ring (bicyclic) bond motifs is 2. The number of nitriles is 1. The van der Waals surface area contributed by atoms with Crippen molar-refractivity contribution < 1.29 is 18.6 Å². The highest BCUT2D eigenvalue weighted by Crippen LogP contribution is 2.38. The molecule has 0 radical (unpaired) electrons. The molecule has 10 heteroatoms. The van der Waals surface area contributed by atoms with Crippen LogP contribution in [-0.2, 0) is 0 Å². The summed E-state index contributed by atoms with van der Waals surface area (Å²) < 4.78 is 24.9. The number of hydrogen-bond acceptors (Lipinski definition) is 9. The Labute approximate surface area is 211 Å². The zero-order valence-corrected chi connectivity index (χ0v) is 20.6. The number of imidazole rings is 1. The van der Waals surface area contributed by atoms with Crippen LogP contribution in [0.5, 0.6) is 16.7 Å². The van der Waals surface area contributed by atoms with Gasteiger partial charge in [0.2, 0.25) is 4.96 Å². The highest BCUT2D eigenvalue weighted by Gasteiger charge is 2.26. The lowest BCUT2D eigenvalue weighted by molar-refractivity contribution is 0.290. The Morgan fingerprint density at radius 3 is 2.78 bits per heavy atom. The van der Waals surface area contributed by atoms with Gasteiger partial charge in [-0.15, -0.1) is 5.10 Å². The molecule has 1 fully saturated rings. The molecule has 1 atom stereocenters. The number of ether oxygens (including phenoxy) is 3.